The third kappa shape index (κ3) is 3.56. The fourth-order valence-electron chi connectivity index (χ4n) is 2.21. The first-order chi connectivity index (χ1) is 8.25. The van der Waals surface area contributed by atoms with Crippen LogP contribution in [0.5, 0.6) is 0 Å². The molecular weight excluding hydrogens is 212 g/mol. The molecule has 1 aromatic rings. The van der Waals surface area contributed by atoms with Gasteiger partial charge in [0.1, 0.15) is 0 Å². The summed E-state index contributed by atoms with van der Waals surface area (Å²) in [4.78, 5) is 14.0. The maximum Gasteiger partial charge on any atom is 0.222 e. The highest BCUT2D eigenvalue weighted by Gasteiger charge is 2.19. The Kier molecular flexibility index (Phi) is 4.15. The molecule has 1 heterocycles. The zero-order valence-corrected chi connectivity index (χ0v) is 10.4. The summed E-state index contributed by atoms with van der Waals surface area (Å²) in [6.07, 6.45) is 1.47. The molecule has 0 bridgehead atoms. The average Bonchev–Trinajstić information content (AvgIpc) is 2.37. The highest BCUT2D eigenvalue weighted by molar-refractivity contribution is 5.76. The molecular formula is C14H20N2O. The molecule has 1 amide bonds. The van der Waals surface area contributed by atoms with Crippen LogP contribution in [-0.2, 0) is 11.2 Å². The van der Waals surface area contributed by atoms with Gasteiger partial charge in [-0.15, -0.1) is 0 Å². The van der Waals surface area contributed by atoms with Crippen molar-refractivity contribution in [3.05, 3.63) is 35.9 Å². The van der Waals surface area contributed by atoms with Gasteiger partial charge >= 0.3 is 0 Å². The predicted molar refractivity (Wildman–Crippen MR) is 68.8 cm³/mol. The lowest BCUT2D eigenvalue weighted by Gasteiger charge is -2.32. The Morgan fingerprint density at radius 3 is 2.88 bits per heavy atom. The van der Waals surface area contributed by atoms with Gasteiger partial charge in [-0.2, -0.15) is 0 Å². The molecule has 1 atom stereocenters. The molecule has 1 aliphatic heterocycles. The van der Waals surface area contributed by atoms with Crippen molar-refractivity contribution in [3.63, 3.8) is 0 Å². The summed E-state index contributed by atoms with van der Waals surface area (Å²) >= 11 is 0. The van der Waals surface area contributed by atoms with Gasteiger partial charge in [-0.25, -0.2) is 0 Å². The highest BCUT2D eigenvalue weighted by Crippen LogP contribution is 2.06. The summed E-state index contributed by atoms with van der Waals surface area (Å²) in [5, 5.41) is 3.35. The molecule has 0 unspecified atom stereocenters. The maximum atomic E-state index is 12.0. The van der Waals surface area contributed by atoms with E-state index in [1.165, 1.54) is 5.56 Å². The van der Waals surface area contributed by atoms with Crippen LogP contribution in [0, 0.1) is 0 Å². The first-order valence-electron chi connectivity index (χ1n) is 6.31. The summed E-state index contributed by atoms with van der Waals surface area (Å²) < 4.78 is 0. The standard InChI is InChI=1S/C14H20N2O/c1-12-11-16(10-9-15-12)14(17)8-7-13-5-3-2-4-6-13/h2-6,12,15H,7-11H2,1H3/t12-/m0/s1. The van der Waals surface area contributed by atoms with E-state index in [1.807, 2.05) is 23.1 Å². The molecule has 0 spiro atoms. The summed E-state index contributed by atoms with van der Waals surface area (Å²) in [5.41, 5.74) is 1.24. The minimum Gasteiger partial charge on any atom is -0.340 e. The molecule has 92 valence electrons. The summed E-state index contributed by atoms with van der Waals surface area (Å²) in [5.74, 6) is 0.280. The number of nitrogens with one attached hydrogen (secondary N) is 1. The number of amides is 1. The molecule has 3 heteroatoms. The van der Waals surface area contributed by atoms with Gasteiger partial charge in [0.05, 0.1) is 0 Å². The lowest BCUT2D eigenvalue weighted by atomic mass is 10.1. The number of carbonyl (C=O) groups is 1. The zero-order valence-electron chi connectivity index (χ0n) is 10.4. The number of hydrogen-bond donors (Lipinski definition) is 1. The normalized spacial score (nSPS) is 20.3. The average molecular weight is 232 g/mol. The van der Waals surface area contributed by atoms with Crippen molar-refractivity contribution >= 4 is 5.91 Å². The highest BCUT2D eigenvalue weighted by atomic mass is 16.2. The van der Waals surface area contributed by atoms with E-state index in [4.69, 9.17) is 0 Å². The Balaban J connectivity index is 1.81. The largest absolute Gasteiger partial charge is 0.340 e. The lowest BCUT2D eigenvalue weighted by Crippen LogP contribution is -2.51. The molecule has 1 aromatic carbocycles. The Bertz CT molecular complexity index is 364. The van der Waals surface area contributed by atoms with E-state index >= 15 is 0 Å². The monoisotopic (exact) mass is 232 g/mol. The van der Waals surface area contributed by atoms with E-state index in [0.717, 1.165) is 26.1 Å². The van der Waals surface area contributed by atoms with Gasteiger partial charge < -0.3 is 10.2 Å². The van der Waals surface area contributed by atoms with Crippen molar-refractivity contribution in [3.8, 4) is 0 Å². The van der Waals surface area contributed by atoms with Crippen molar-refractivity contribution in [2.75, 3.05) is 19.6 Å². The summed E-state index contributed by atoms with van der Waals surface area (Å²) in [6.45, 7) is 4.72. The number of rotatable bonds is 3. The predicted octanol–water partition coefficient (Wildman–Crippen LogP) is 1.44. The summed E-state index contributed by atoms with van der Waals surface area (Å²) in [6, 6.07) is 10.6. The number of benzene rings is 1. The van der Waals surface area contributed by atoms with Crippen molar-refractivity contribution in [2.24, 2.45) is 0 Å². The van der Waals surface area contributed by atoms with Crippen molar-refractivity contribution < 1.29 is 4.79 Å². The third-order valence-electron chi connectivity index (χ3n) is 3.19. The van der Waals surface area contributed by atoms with Gasteiger partial charge in [-0.3, -0.25) is 4.79 Å². The van der Waals surface area contributed by atoms with Crippen LogP contribution in [-0.4, -0.2) is 36.5 Å². The van der Waals surface area contributed by atoms with E-state index in [9.17, 15) is 4.79 Å². The van der Waals surface area contributed by atoms with E-state index in [0.29, 0.717) is 12.5 Å². The van der Waals surface area contributed by atoms with Crippen LogP contribution in [0.25, 0.3) is 0 Å². The van der Waals surface area contributed by atoms with Gasteiger partial charge in [0.2, 0.25) is 5.91 Å². The number of carbonyl (C=O) groups excluding carboxylic acids is 1. The van der Waals surface area contributed by atoms with Gasteiger partial charge in [0, 0.05) is 32.1 Å². The Morgan fingerprint density at radius 1 is 1.41 bits per heavy atom. The molecule has 17 heavy (non-hydrogen) atoms. The minimum absolute atomic E-state index is 0.280. The van der Waals surface area contributed by atoms with Crippen molar-refractivity contribution in [1.82, 2.24) is 10.2 Å². The number of hydrogen-bond acceptors (Lipinski definition) is 2. The first-order valence-corrected chi connectivity index (χ1v) is 6.31. The van der Waals surface area contributed by atoms with Crippen LogP contribution in [0.4, 0.5) is 0 Å². The molecule has 1 saturated heterocycles. The van der Waals surface area contributed by atoms with Crippen LogP contribution in [0.2, 0.25) is 0 Å². The molecule has 0 aromatic heterocycles. The van der Waals surface area contributed by atoms with Gasteiger partial charge in [0.25, 0.3) is 0 Å². The third-order valence-corrected chi connectivity index (χ3v) is 3.19. The Morgan fingerprint density at radius 2 is 2.18 bits per heavy atom. The molecule has 1 aliphatic rings. The molecule has 0 saturated carbocycles. The molecule has 0 aliphatic carbocycles. The topological polar surface area (TPSA) is 32.3 Å². The first kappa shape index (κ1) is 12.1. The Hall–Kier alpha value is -1.35. The van der Waals surface area contributed by atoms with Crippen molar-refractivity contribution in [1.29, 1.82) is 0 Å². The van der Waals surface area contributed by atoms with Gasteiger partial charge in [-0.05, 0) is 18.9 Å². The molecule has 3 nitrogen and oxygen atoms in total. The van der Waals surface area contributed by atoms with Crippen LogP contribution in [0.3, 0.4) is 0 Å². The van der Waals surface area contributed by atoms with Gasteiger partial charge in [-0.1, -0.05) is 30.3 Å². The van der Waals surface area contributed by atoms with Crippen LogP contribution >= 0.6 is 0 Å². The van der Waals surface area contributed by atoms with Gasteiger partial charge in [0.15, 0.2) is 0 Å². The molecule has 1 N–H and O–H groups in total. The van der Waals surface area contributed by atoms with Crippen LogP contribution in [0.15, 0.2) is 30.3 Å². The SMILES string of the molecule is C[C@H]1CN(C(=O)CCc2ccccc2)CCN1. The molecule has 0 radical (unpaired) electrons. The second-order valence-corrected chi connectivity index (χ2v) is 4.68. The van der Waals surface area contributed by atoms with Crippen molar-refractivity contribution in [2.45, 2.75) is 25.8 Å². The number of aryl methyl sites for hydroxylation is 1. The van der Waals surface area contributed by atoms with E-state index in [2.05, 4.69) is 24.4 Å². The van der Waals surface area contributed by atoms with E-state index < -0.39 is 0 Å². The molecule has 1 fully saturated rings. The minimum atomic E-state index is 0.280. The second kappa shape index (κ2) is 5.82. The quantitative estimate of drug-likeness (QED) is 0.855. The maximum absolute atomic E-state index is 12.0. The molecule has 2 rings (SSSR count). The number of piperazine rings is 1. The lowest BCUT2D eigenvalue weighted by molar-refractivity contribution is -0.132. The second-order valence-electron chi connectivity index (χ2n) is 4.68. The van der Waals surface area contributed by atoms with Crippen LogP contribution in [0.1, 0.15) is 18.9 Å². The van der Waals surface area contributed by atoms with E-state index in [-0.39, 0.29) is 5.91 Å². The fourth-order valence-corrected chi connectivity index (χ4v) is 2.21. The summed E-state index contributed by atoms with van der Waals surface area (Å²) in [7, 11) is 0. The smallest absolute Gasteiger partial charge is 0.222 e. The number of nitrogens with zero attached hydrogens (tertiary/aromatic N) is 1. The van der Waals surface area contributed by atoms with E-state index in [1.54, 1.807) is 0 Å². The fraction of sp³-hybridized carbons (Fsp3) is 0.500. The van der Waals surface area contributed by atoms with Crippen LogP contribution < -0.4 is 5.32 Å². The Labute approximate surface area is 103 Å². The zero-order chi connectivity index (χ0) is 12.1.